The van der Waals surface area contributed by atoms with Gasteiger partial charge in [0.15, 0.2) is 0 Å². The second-order valence-electron chi connectivity index (χ2n) is 9.53. The molecule has 0 radical (unpaired) electrons. The molecule has 2 saturated heterocycles. The van der Waals surface area contributed by atoms with Crippen molar-refractivity contribution in [3.63, 3.8) is 0 Å². The van der Waals surface area contributed by atoms with Crippen LogP contribution in [0.4, 0.5) is 0 Å². The molecule has 1 amide bonds. The summed E-state index contributed by atoms with van der Waals surface area (Å²) >= 11 is 0. The van der Waals surface area contributed by atoms with E-state index in [-0.39, 0.29) is 11.3 Å². The lowest BCUT2D eigenvalue weighted by molar-refractivity contribution is -0.140. The highest BCUT2D eigenvalue weighted by atomic mass is 16.5. The second kappa shape index (κ2) is 13.4. The van der Waals surface area contributed by atoms with Gasteiger partial charge in [-0.3, -0.25) is 14.5 Å². The molecule has 2 aromatic carbocycles. The smallest absolute Gasteiger partial charge is 0.295 e. The van der Waals surface area contributed by atoms with E-state index in [9.17, 15) is 14.7 Å². The third-order valence-electron chi connectivity index (χ3n) is 6.90. The highest BCUT2D eigenvalue weighted by Gasteiger charge is 2.45. The molecule has 4 rings (SSSR count). The van der Waals surface area contributed by atoms with Crippen LogP contribution in [0, 0.1) is 0 Å². The third kappa shape index (κ3) is 6.55. The highest BCUT2D eigenvalue weighted by molar-refractivity contribution is 6.46. The lowest BCUT2D eigenvalue weighted by Gasteiger charge is -2.29. The summed E-state index contributed by atoms with van der Waals surface area (Å²) in [4.78, 5) is 30.5. The standard InChI is InChI=1S/C30H38N2O6/c1-3-5-18-38-24-12-10-22(11-13-24)27-26(28(33)23-8-6-9-25(21-23)37-4-2)29(34)30(35)32(27)15-7-14-31-16-19-36-20-17-31/h6,8-13,21,27,33H,3-5,7,14-20H2,1-2H3. The lowest BCUT2D eigenvalue weighted by atomic mass is 9.95. The summed E-state index contributed by atoms with van der Waals surface area (Å²) in [6.45, 7) is 9.43. The first kappa shape index (κ1) is 27.7. The van der Waals surface area contributed by atoms with Crippen LogP contribution in [-0.4, -0.2) is 79.2 Å². The van der Waals surface area contributed by atoms with E-state index in [4.69, 9.17) is 14.2 Å². The SMILES string of the molecule is CCCCOc1ccc(C2C(=C(O)c3cccc(OCC)c3)C(=O)C(=O)N2CCCN2CCOCC2)cc1. The molecule has 2 fully saturated rings. The molecule has 0 aromatic heterocycles. The number of benzene rings is 2. The van der Waals surface area contributed by atoms with E-state index in [2.05, 4.69) is 11.8 Å². The average Bonchev–Trinajstić information content (AvgIpc) is 3.19. The number of aliphatic hydroxyl groups excluding tert-OH is 1. The van der Waals surface area contributed by atoms with E-state index < -0.39 is 17.7 Å². The number of nitrogens with zero attached hydrogens (tertiary/aromatic N) is 2. The van der Waals surface area contributed by atoms with Gasteiger partial charge in [0.2, 0.25) is 0 Å². The molecule has 204 valence electrons. The van der Waals surface area contributed by atoms with Crippen molar-refractivity contribution in [3.8, 4) is 11.5 Å². The highest BCUT2D eigenvalue weighted by Crippen LogP contribution is 2.40. The van der Waals surface area contributed by atoms with Crippen LogP contribution >= 0.6 is 0 Å². The molecule has 1 N–H and O–H groups in total. The number of hydrogen-bond donors (Lipinski definition) is 1. The van der Waals surface area contributed by atoms with Crippen molar-refractivity contribution < 1.29 is 28.9 Å². The summed E-state index contributed by atoms with van der Waals surface area (Å²) in [6, 6.07) is 13.7. The van der Waals surface area contributed by atoms with Crippen molar-refractivity contribution in [2.75, 3.05) is 52.6 Å². The Balaban J connectivity index is 1.64. The number of aliphatic hydroxyl groups is 1. The third-order valence-corrected chi connectivity index (χ3v) is 6.90. The summed E-state index contributed by atoms with van der Waals surface area (Å²) in [5.41, 5.74) is 1.28. The first-order chi connectivity index (χ1) is 18.5. The Hall–Kier alpha value is -3.36. The fourth-order valence-electron chi connectivity index (χ4n) is 4.88. The number of ether oxygens (including phenoxy) is 3. The molecule has 0 aliphatic carbocycles. The molecule has 2 aliphatic rings. The molecule has 2 heterocycles. The van der Waals surface area contributed by atoms with Crippen molar-refractivity contribution in [3.05, 3.63) is 65.2 Å². The van der Waals surface area contributed by atoms with Gasteiger partial charge in [-0.25, -0.2) is 0 Å². The van der Waals surface area contributed by atoms with Crippen molar-refractivity contribution >= 4 is 17.4 Å². The van der Waals surface area contributed by atoms with E-state index >= 15 is 0 Å². The number of morpholine rings is 1. The Kier molecular flexibility index (Phi) is 9.79. The number of carbonyl (C=O) groups is 2. The number of likely N-dealkylation sites (tertiary alicyclic amines) is 1. The van der Waals surface area contributed by atoms with Gasteiger partial charge in [-0.2, -0.15) is 0 Å². The van der Waals surface area contributed by atoms with Crippen molar-refractivity contribution in [2.24, 2.45) is 0 Å². The number of hydrogen-bond acceptors (Lipinski definition) is 7. The van der Waals surface area contributed by atoms with Crippen molar-refractivity contribution in [1.29, 1.82) is 0 Å². The van der Waals surface area contributed by atoms with Crippen LogP contribution in [0.15, 0.2) is 54.1 Å². The minimum Gasteiger partial charge on any atom is -0.507 e. The maximum atomic E-state index is 13.3. The van der Waals surface area contributed by atoms with Gasteiger partial charge in [-0.1, -0.05) is 37.6 Å². The van der Waals surface area contributed by atoms with Crippen molar-refractivity contribution in [2.45, 2.75) is 39.2 Å². The molecule has 1 atom stereocenters. The molecule has 8 heteroatoms. The fourth-order valence-corrected chi connectivity index (χ4v) is 4.88. The van der Waals surface area contributed by atoms with Gasteiger partial charge in [-0.15, -0.1) is 0 Å². The minimum atomic E-state index is -0.694. The Bertz CT molecular complexity index is 1120. The fraction of sp³-hybridized carbons (Fsp3) is 0.467. The van der Waals surface area contributed by atoms with E-state index in [0.29, 0.717) is 50.7 Å². The predicted octanol–water partition coefficient (Wildman–Crippen LogP) is 4.41. The Labute approximate surface area is 224 Å². The topological polar surface area (TPSA) is 88.5 Å². The maximum absolute atomic E-state index is 13.3. The first-order valence-electron chi connectivity index (χ1n) is 13.6. The van der Waals surface area contributed by atoms with Gasteiger partial charge >= 0.3 is 0 Å². The molecule has 0 bridgehead atoms. The van der Waals surface area contributed by atoms with Gasteiger partial charge in [0.1, 0.15) is 17.3 Å². The Morgan fingerprint density at radius 1 is 0.974 bits per heavy atom. The van der Waals surface area contributed by atoms with E-state index in [0.717, 1.165) is 43.8 Å². The summed E-state index contributed by atoms with van der Waals surface area (Å²) in [5, 5.41) is 11.4. The van der Waals surface area contributed by atoms with E-state index in [1.807, 2.05) is 31.2 Å². The number of Topliss-reactive ketones (excluding diaryl/α,β-unsaturated/α-hetero) is 1. The zero-order valence-electron chi connectivity index (χ0n) is 22.4. The molecule has 0 spiro atoms. The van der Waals surface area contributed by atoms with Crippen LogP contribution in [0.2, 0.25) is 0 Å². The summed E-state index contributed by atoms with van der Waals surface area (Å²) in [7, 11) is 0. The molecule has 2 aliphatic heterocycles. The first-order valence-corrected chi connectivity index (χ1v) is 13.6. The summed E-state index contributed by atoms with van der Waals surface area (Å²) in [5.74, 6) is -0.155. The Morgan fingerprint density at radius 3 is 2.45 bits per heavy atom. The predicted molar refractivity (Wildman–Crippen MR) is 145 cm³/mol. The summed E-state index contributed by atoms with van der Waals surface area (Å²) < 4.78 is 16.8. The van der Waals surface area contributed by atoms with Crippen LogP contribution in [-0.2, 0) is 14.3 Å². The minimum absolute atomic E-state index is 0.0923. The van der Waals surface area contributed by atoms with Crippen LogP contribution in [0.25, 0.3) is 5.76 Å². The van der Waals surface area contributed by atoms with Crippen LogP contribution in [0.1, 0.15) is 50.3 Å². The number of carbonyl (C=O) groups excluding carboxylic acids is 2. The number of amides is 1. The summed E-state index contributed by atoms with van der Waals surface area (Å²) in [6.07, 6.45) is 2.72. The lowest BCUT2D eigenvalue weighted by Crippen LogP contribution is -2.38. The van der Waals surface area contributed by atoms with Gasteiger partial charge in [0, 0.05) is 31.7 Å². The quantitative estimate of drug-likeness (QED) is 0.191. The molecule has 8 nitrogen and oxygen atoms in total. The maximum Gasteiger partial charge on any atom is 0.295 e. The van der Waals surface area contributed by atoms with Gasteiger partial charge < -0.3 is 24.2 Å². The zero-order valence-corrected chi connectivity index (χ0v) is 22.4. The number of ketones is 1. The normalized spacial score (nSPS) is 19.6. The molecule has 0 saturated carbocycles. The largest absolute Gasteiger partial charge is 0.507 e. The second-order valence-corrected chi connectivity index (χ2v) is 9.53. The number of unbranched alkanes of at least 4 members (excludes halogenated alkanes) is 1. The van der Waals surface area contributed by atoms with Crippen LogP contribution in [0.3, 0.4) is 0 Å². The molecular weight excluding hydrogens is 484 g/mol. The Morgan fingerprint density at radius 2 is 1.74 bits per heavy atom. The average molecular weight is 523 g/mol. The van der Waals surface area contributed by atoms with E-state index in [1.54, 1.807) is 29.2 Å². The molecule has 38 heavy (non-hydrogen) atoms. The number of rotatable bonds is 12. The molecule has 2 aromatic rings. The monoisotopic (exact) mass is 522 g/mol. The van der Waals surface area contributed by atoms with Gasteiger partial charge in [0.25, 0.3) is 11.7 Å². The van der Waals surface area contributed by atoms with E-state index in [1.165, 1.54) is 0 Å². The van der Waals surface area contributed by atoms with Gasteiger partial charge in [-0.05, 0) is 49.6 Å². The van der Waals surface area contributed by atoms with Crippen molar-refractivity contribution in [1.82, 2.24) is 9.80 Å². The molecule has 1 unspecified atom stereocenters. The molecular formula is C30H38N2O6. The van der Waals surface area contributed by atoms with Gasteiger partial charge in [0.05, 0.1) is 38.0 Å². The van der Waals surface area contributed by atoms with Crippen LogP contribution < -0.4 is 9.47 Å². The zero-order chi connectivity index (χ0) is 26.9. The van der Waals surface area contributed by atoms with Crippen LogP contribution in [0.5, 0.6) is 11.5 Å².